The standard InChI is InChI=1S/C12H18N4O3/c1-7-3-5-9(6-4-7)15-11(12(13)17)10(16(18)19)8(2)14-15/h7,9H,3-6H2,1-2H3,(H2,13,17). The highest BCUT2D eigenvalue weighted by molar-refractivity contribution is 5.95. The van der Waals surface area contributed by atoms with Gasteiger partial charge in [-0.05, 0) is 38.5 Å². The van der Waals surface area contributed by atoms with Crippen molar-refractivity contribution < 1.29 is 9.72 Å². The fourth-order valence-corrected chi connectivity index (χ4v) is 2.74. The van der Waals surface area contributed by atoms with Crippen molar-refractivity contribution >= 4 is 11.6 Å². The summed E-state index contributed by atoms with van der Waals surface area (Å²) in [5.74, 6) is -0.133. The van der Waals surface area contributed by atoms with Crippen molar-refractivity contribution in [2.45, 2.75) is 45.6 Å². The van der Waals surface area contributed by atoms with E-state index in [9.17, 15) is 14.9 Å². The number of amides is 1. The van der Waals surface area contributed by atoms with E-state index in [2.05, 4.69) is 12.0 Å². The average Bonchev–Trinajstić information content (AvgIpc) is 2.68. The Morgan fingerprint density at radius 1 is 1.42 bits per heavy atom. The summed E-state index contributed by atoms with van der Waals surface area (Å²) in [6.07, 6.45) is 3.82. The van der Waals surface area contributed by atoms with E-state index >= 15 is 0 Å². The smallest absolute Gasteiger partial charge is 0.322 e. The number of carbonyl (C=O) groups excluding carboxylic acids is 1. The van der Waals surface area contributed by atoms with Gasteiger partial charge in [0.25, 0.3) is 5.91 Å². The predicted octanol–water partition coefficient (Wildman–Crippen LogP) is 1.95. The Bertz CT molecular complexity index is 515. The van der Waals surface area contributed by atoms with Crippen molar-refractivity contribution in [1.82, 2.24) is 9.78 Å². The second-order valence-electron chi connectivity index (χ2n) is 5.26. The van der Waals surface area contributed by atoms with Crippen LogP contribution in [0.25, 0.3) is 0 Å². The van der Waals surface area contributed by atoms with Crippen molar-refractivity contribution in [3.8, 4) is 0 Å². The predicted molar refractivity (Wildman–Crippen MR) is 68.8 cm³/mol. The molecule has 1 fully saturated rings. The first-order valence-corrected chi connectivity index (χ1v) is 6.45. The molecule has 0 bridgehead atoms. The lowest BCUT2D eigenvalue weighted by Gasteiger charge is -2.26. The maximum absolute atomic E-state index is 11.5. The van der Waals surface area contributed by atoms with Crippen LogP contribution in [0.2, 0.25) is 0 Å². The number of aromatic nitrogens is 2. The van der Waals surface area contributed by atoms with Crippen LogP contribution in [0.15, 0.2) is 0 Å². The molecule has 1 heterocycles. The molecule has 104 valence electrons. The molecule has 1 aliphatic rings. The number of carbonyl (C=O) groups is 1. The maximum atomic E-state index is 11.5. The molecule has 0 aliphatic heterocycles. The van der Waals surface area contributed by atoms with Crippen LogP contribution in [-0.2, 0) is 0 Å². The third kappa shape index (κ3) is 2.45. The summed E-state index contributed by atoms with van der Waals surface area (Å²) in [7, 11) is 0. The molecule has 19 heavy (non-hydrogen) atoms. The molecule has 0 saturated heterocycles. The number of nitrogens with two attached hydrogens (primary N) is 1. The third-order valence-corrected chi connectivity index (χ3v) is 3.80. The summed E-state index contributed by atoms with van der Waals surface area (Å²) in [5.41, 5.74) is 5.22. The molecule has 0 radical (unpaired) electrons. The van der Waals surface area contributed by atoms with E-state index in [1.807, 2.05) is 0 Å². The Morgan fingerprint density at radius 3 is 2.47 bits per heavy atom. The van der Waals surface area contributed by atoms with Crippen molar-refractivity contribution in [3.05, 3.63) is 21.5 Å². The lowest BCUT2D eigenvalue weighted by molar-refractivity contribution is -0.385. The van der Waals surface area contributed by atoms with Gasteiger partial charge in [-0.3, -0.25) is 19.6 Å². The third-order valence-electron chi connectivity index (χ3n) is 3.80. The van der Waals surface area contributed by atoms with Crippen molar-refractivity contribution in [3.63, 3.8) is 0 Å². The number of hydrogen-bond donors (Lipinski definition) is 1. The van der Waals surface area contributed by atoms with Gasteiger partial charge in [-0.25, -0.2) is 0 Å². The van der Waals surface area contributed by atoms with E-state index in [4.69, 9.17) is 5.73 Å². The number of rotatable bonds is 3. The Labute approximate surface area is 110 Å². The molecule has 1 amide bonds. The molecule has 7 heteroatoms. The first kappa shape index (κ1) is 13.5. The monoisotopic (exact) mass is 266 g/mol. The van der Waals surface area contributed by atoms with Crippen molar-refractivity contribution in [2.24, 2.45) is 11.7 Å². The van der Waals surface area contributed by atoms with E-state index in [0.717, 1.165) is 25.7 Å². The number of nitro groups is 1. The highest BCUT2D eigenvalue weighted by atomic mass is 16.6. The molecule has 0 unspecified atom stereocenters. The topological polar surface area (TPSA) is 104 Å². The summed E-state index contributed by atoms with van der Waals surface area (Å²) in [6.45, 7) is 3.72. The summed E-state index contributed by atoms with van der Waals surface area (Å²) >= 11 is 0. The van der Waals surface area contributed by atoms with E-state index in [1.165, 1.54) is 11.6 Å². The van der Waals surface area contributed by atoms with Gasteiger partial charge in [-0.15, -0.1) is 0 Å². The van der Waals surface area contributed by atoms with Crippen LogP contribution in [0.3, 0.4) is 0 Å². The molecular formula is C12H18N4O3. The summed E-state index contributed by atoms with van der Waals surface area (Å²) in [5, 5.41) is 15.2. The van der Waals surface area contributed by atoms with Crippen molar-refractivity contribution in [2.75, 3.05) is 0 Å². The minimum absolute atomic E-state index is 0.0334. The zero-order valence-corrected chi connectivity index (χ0v) is 11.1. The quantitative estimate of drug-likeness (QED) is 0.666. The van der Waals surface area contributed by atoms with Crippen LogP contribution in [-0.4, -0.2) is 20.6 Å². The minimum Gasteiger partial charge on any atom is -0.364 e. The summed E-state index contributed by atoms with van der Waals surface area (Å²) in [6, 6.07) is 0.0334. The normalized spacial score (nSPS) is 23.3. The maximum Gasteiger partial charge on any atom is 0.322 e. The largest absolute Gasteiger partial charge is 0.364 e. The minimum atomic E-state index is -0.786. The molecule has 0 spiro atoms. The van der Waals surface area contributed by atoms with Crippen LogP contribution >= 0.6 is 0 Å². The van der Waals surface area contributed by atoms with Gasteiger partial charge in [0, 0.05) is 0 Å². The van der Waals surface area contributed by atoms with E-state index in [1.54, 1.807) is 0 Å². The molecule has 2 N–H and O–H groups in total. The van der Waals surface area contributed by atoms with Gasteiger partial charge < -0.3 is 5.73 Å². The molecule has 2 rings (SSSR count). The van der Waals surface area contributed by atoms with Gasteiger partial charge in [-0.2, -0.15) is 5.10 Å². The zero-order chi connectivity index (χ0) is 14.2. The number of aryl methyl sites for hydroxylation is 1. The van der Waals surface area contributed by atoms with Crippen molar-refractivity contribution in [1.29, 1.82) is 0 Å². The Hall–Kier alpha value is -1.92. The molecule has 1 saturated carbocycles. The van der Waals surface area contributed by atoms with Gasteiger partial charge >= 0.3 is 5.69 Å². The van der Waals surface area contributed by atoms with Crippen LogP contribution in [0.1, 0.15) is 54.8 Å². The Morgan fingerprint density at radius 2 is 2.00 bits per heavy atom. The van der Waals surface area contributed by atoms with Gasteiger partial charge in [0.15, 0.2) is 0 Å². The fraction of sp³-hybridized carbons (Fsp3) is 0.667. The zero-order valence-electron chi connectivity index (χ0n) is 11.1. The van der Waals surface area contributed by atoms with Crippen LogP contribution in [0.5, 0.6) is 0 Å². The molecule has 1 aliphatic carbocycles. The molecule has 0 aromatic carbocycles. The lowest BCUT2D eigenvalue weighted by Crippen LogP contribution is -2.24. The number of primary amides is 1. The highest BCUT2D eigenvalue weighted by Gasteiger charge is 2.33. The molecule has 1 aromatic heterocycles. The van der Waals surface area contributed by atoms with Crippen LogP contribution < -0.4 is 5.73 Å². The molecular weight excluding hydrogens is 248 g/mol. The second-order valence-corrected chi connectivity index (χ2v) is 5.26. The Kier molecular flexibility index (Phi) is 3.55. The van der Waals surface area contributed by atoms with Gasteiger partial charge in [0.1, 0.15) is 5.69 Å². The fourth-order valence-electron chi connectivity index (χ4n) is 2.74. The Balaban J connectivity index is 2.43. The SMILES string of the molecule is Cc1nn(C2CCC(C)CC2)c(C(N)=O)c1[N+](=O)[O-]. The van der Waals surface area contributed by atoms with Crippen LogP contribution in [0, 0.1) is 23.0 Å². The number of nitrogens with zero attached hydrogens (tertiary/aromatic N) is 3. The summed E-state index contributed by atoms with van der Waals surface area (Å²) < 4.78 is 1.47. The second kappa shape index (κ2) is 4.99. The lowest BCUT2D eigenvalue weighted by atomic mass is 9.87. The molecule has 1 aromatic rings. The van der Waals surface area contributed by atoms with E-state index in [0.29, 0.717) is 5.92 Å². The van der Waals surface area contributed by atoms with E-state index in [-0.39, 0.29) is 23.1 Å². The first-order valence-electron chi connectivity index (χ1n) is 6.45. The van der Waals surface area contributed by atoms with E-state index < -0.39 is 10.8 Å². The first-order chi connectivity index (χ1) is 8.91. The summed E-state index contributed by atoms with van der Waals surface area (Å²) in [4.78, 5) is 22.0. The van der Waals surface area contributed by atoms with Gasteiger partial charge in [0.05, 0.1) is 11.0 Å². The van der Waals surface area contributed by atoms with Crippen LogP contribution in [0.4, 0.5) is 5.69 Å². The van der Waals surface area contributed by atoms with Gasteiger partial charge in [0.2, 0.25) is 5.69 Å². The number of hydrogen-bond acceptors (Lipinski definition) is 4. The molecule has 7 nitrogen and oxygen atoms in total. The average molecular weight is 266 g/mol. The highest BCUT2D eigenvalue weighted by Crippen LogP contribution is 2.35. The van der Waals surface area contributed by atoms with Gasteiger partial charge in [-0.1, -0.05) is 6.92 Å². The molecule has 0 atom stereocenters.